The van der Waals surface area contributed by atoms with E-state index in [1.54, 1.807) is 31.2 Å². The minimum absolute atomic E-state index is 0.0258. The quantitative estimate of drug-likeness (QED) is 0.775. The first-order valence-electron chi connectivity index (χ1n) is 8.15. The molecule has 0 radical (unpaired) electrons. The molecule has 1 aromatic rings. The SMILES string of the molecule is CCS(=O)(=O)N[C@@H]1CCCC[C@H]1COc1ccc(C(C)=O)cc1. The third-order valence-electron chi connectivity index (χ3n) is 4.34. The zero-order valence-corrected chi connectivity index (χ0v) is 14.6. The highest BCUT2D eigenvalue weighted by molar-refractivity contribution is 7.89. The lowest BCUT2D eigenvalue weighted by atomic mass is 9.86. The number of carbonyl (C=O) groups excluding carboxylic acids is 1. The average Bonchev–Trinajstić information content (AvgIpc) is 2.54. The molecule has 1 saturated carbocycles. The second kappa shape index (κ2) is 7.93. The molecule has 0 spiro atoms. The van der Waals surface area contributed by atoms with Crippen molar-refractivity contribution in [2.24, 2.45) is 5.92 Å². The number of ether oxygens (including phenoxy) is 1. The van der Waals surface area contributed by atoms with Crippen LogP contribution in [0.15, 0.2) is 24.3 Å². The van der Waals surface area contributed by atoms with E-state index >= 15 is 0 Å². The van der Waals surface area contributed by atoms with Crippen LogP contribution in [0, 0.1) is 5.92 Å². The van der Waals surface area contributed by atoms with Crippen molar-refractivity contribution in [1.82, 2.24) is 4.72 Å². The van der Waals surface area contributed by atoms with Crippen LogP contribution in [-0.4, -0.2) is 32.6 Å². The molecule has 1 aromatic carbocycles. The van der Waals surface area contributed by atoms with Gasteiger partial charge in [0.25, 0.3) is 0 Å². The highest BCUT2D eigenvalue weighted by Gasteiger charge is 2.28. The first kappa shape index (κ1) is 17.9. The Morgan fingerprint density at radius 2 is 1.87 bits per heavy atom. The van der Waals surface area contributed by atoms with Gasteiger partial charge < -0.3 is 4.74 Å². The van der Waals surface area contributed by atoms with Gasteiger partial charge in [-0.05, 0) is 51.0 Å². The molecule has 1 fully saturated rings. The molecule has 1 aliphatic carbocycles. The number of hydrogen-bond donors (Lipinski definition) is 1. The lowest BCUT2D eigenvalue weighted by Gasteiger charge is -2.31. The lowest BCUT2D eigenvalue weighted by molar-refractivity contribution is 0.101. The van der Waals surface area contributed by atoms with Gasteiger partial charge >= 0.3 is 0 Å². The smallest absolute Gasteiger partial charge is 0.211 e. The third kappa shape index (κ3) is 5.32. The van der Waals surface area contributed by atoms with E-state index in [-0.39, 0.29) is 23.5 Å². The van der Waals surface area contributed by atoms with Crippen LogP contribution >= 0.6 is 0 Å². The van der Waals surface area contributed by atoms with Gasteiger partial charge in [0.15, 0.2) is 5.78 Å². The van der Waals surface area contributed by atoms with Crippen molar-refractivity contribution < 1.29 is 17.9 Å². The molecule has 0 amide bonds. The Bertz CT molecular complexity index is 624. The predicted molar refractivity (Wildman–Crippen MR) is 90.3 cm³/mol. The lowest BCUT2D eigenvalue weighted by Crippen LogP contribution is -2.44. The fraction of sp³-hybridized carbons (Fsp3) is 0.588. The number of sulfonamides is 1. The first-order chi connectivity index (χ1) is 10.9. The molecule has 0 bridgehead atoms. The molecule has 23 heavy (non-hydrogen) atoms. The summed E-state index contributed by atoms with van der Waals surface area (Å²) < 4.78 is 32.2. The zero-order valence-electron chi connectivity index (χ0n) is 13.7. The molecule has 2 rings (SSSR count). The molecule has 1 N–H and O–H groups in total. The number of benzene rings is 1. The van der Waals surface area contributed by atoms with Crippen molar-refractivity contribution in [3.8, 4) is 5.75 Å². The van der Waals surface area contributed by atoms with Crippen molar-refractivity contribution in [3.05, 3.63) is 29.8 Å². The van der Waals surface area contributed by atoms with Crippen LogP contribution < -0.4 is 9.46 Å². The summed E-state index contributed by atoms with van der Waals surface area (Å²) >= 11 is 0. The normalized spacial score (nSPS) is 21.8. The Labute approximate surface area is 138 Å². The number of ketones is 1. The first-order valence-corrected chi connectivity index (χ1v) is 9.80. The molecule has 2 atom stereocenters. The van der Waals surface area contributed by atoms with Crippen molar-refractivity contribution >= 4 is 15.8 Å². The van der Waals surface area contributed by atoms with Gasteiger partial charge in [-0.25, -0.2) is 13.1 Å². The molecule has 128 valence electrons. The van der Waals surface area contributed by atoms with Crippen LogP contribution in [-0.2, 0) is 10.0 Å². The highest BCUT2D eigenvalue weighted by atomic mass is 32.2. The average molecular weight is 339 g/mol. The van der Waals surface area contributed by atoms with E-state index in [9.17, 15) is 13.2 Å². The zero-order chi connectivity index (χ0) is 16.9. The van der Waals surface area contributed by atoms with Crippen LogP contribution in [0.4, 0.5) is 0 Å². The van der Waals surface area contributed by atoms with E-state index in [1.165, 1.54) is 6.92 Å². The molecule has 0 heterocycles. The van der Waals surface area contributed by atoms with Gasteiger partial charge in [-0.15, -0.1) is 0 Å². The van der Waals surface area contributed by atoms with Crippen LogP contribution in [0.25, 0.3) is 0 Å². The van der Waals surface area contributed by atoms with Gasteiger partial charge in [-0.1, -0.05) is 12.8 Å². The maximum Gasteiger partial charge on any atom is 0.211 e. The van der Waals surface area contributed by atoms with E-state index in [0.717, 1.165) is 25.7 Å². The van der Waals surface area contributed by atoms with Crippen LogP contribution in [0.5, 0.6) is 5.75 Å². The van der Waals surface area contributed by atoms with Crippen molar-refractivity contribution in [2.45, 2.75) is 45.6 Å². The van der Waals surface area contributed by atoms with E-state index in [0.29, 0.717) is 17.9 Å². The van der Waals surface area contributed by atoms with Gasteiger partial charge in [-0.3, -0.25) is 4.79 Å². The second-order valence-electron chi connectivity index (χ2n) is 6.06. The molecule has 0 aromatic heterocycles. The maximum atomic E-state index is 11.8. The summed E-state index contributed by atoms with van der Waals surface area (Å²) in [5.74, 6) is 1.01. The molecular weight excluding hydrogens is 314 g/mol. The Balaban J connectivity index is 1.95. The van der Waals surface area contributed by atoms with E-state index in [4.69, 9.17) is 4.74 Å². The molecule has 0 aliphatic heterocycles. The Hall–Kier alpha value is -1.40. The summed E-state index contributed by atoms with van der Waals surface area (Å²) in [4.78, 5) is 11.3. The molecular formula is C17H25NO4S. The van der Waals surface area contributed by atoms with Crippen LogP contribution in [0.2, 0.25) is 0 Å². The largest absolute Gasteiger partial charge is 0.493 e. The Morgan fingerprint density at radius 1 is 1.22 bits per heavy atom. The number of rotatable bonds is 7. The topological polar surface area (TPSA) is 72.5 Å². The number of nitrogens with one attached hydrogen (secondary N) is 1. The summed E-state index contributed by atoms with van der Waals surface area (Å²) in [6.45, 7) is 3.66. The fourth-order valence-corrected chi connectivity index (χ4v) is 3.80. The van der Waals surface area contributed by atoms with Gasteiger partial charge in [0, 0.05) is 17.5 Å². The highest BCUT2D eigenvalue weighted by Crippen LogP contribution is 2.26. The van der Waals surface area contributed by atoms with Gasteiger partial charge in [-0.2, -0.15) is 0 Å². The standard InChI is InChI=1S/C17H25NO4S/c1-3-23(20,21)18-17-7-5-4-6-15(17)12-22-16-10-8-14(9-11-16)13(2)19/h8-11,15,17-18H,3-7,12H2,1-2H3/t15-,17+/m0/s1. The van der Waals surface area contributed by atoms with Gasteiger partial charge in [0.1, 0.15) is 5.75 Å². The predicted octanol–water partition coefficient (Wildman–Crippen LogP) is 2.77. The molecule has 1 aliphatic rings. The minimum atomic E-state index is -3.19. The molecule has 0 saturated heterocycles. The summed E-state index contributed by atoms with van der Waals surface area (Å²) in [5.41, 5.74) is 0.656. The molecule has 5 nitrogen and oxygen atoms in total. The van der Waals surface area contributed by atoms with E-state index < -0.39 is 10.0 Å². The second-order valence-corrected chi connectivity index (χ2v) is 8.11. The molecule has 0 unspecified atom stereocenters. The van der Waals surface area contributed by atoms with Gasteiger partial charge in [0.05, 0.1) is 12.4 Å². The van der Waals surface area contributed by atoms with Crippen molar-refractivity contribution in [1.29, 1.82) is 0 Å². The Morgan fingerprint density at radius 3 is 2.48 bits per heavy atom. The molecule has 6 heteroatoms. The fourth-order valence-electron chi connectivity index (χ4n) is 2.87. The summed E-state index contributed by atoms with van der Waals surface area (Å²) in [5, 5.41) is 0. The minimum Gasteiger partial charge on any atom is -0.493 e. The summed E-state index contributed by atoms with van der Waals surface area (Å²) in [7, 11) is -3.19. The van der Waals surface area contributed by atoms with Crippen molar-refractivity contribution in [2.75, 3.05) is 12.4 Å². The van der Waals surface area contributed by atoms with Crippen LogP contribution in [0.1, 0.15) is 49.9 Å². The number of carbonyl (C=O) groups is 1. The monoisotopic (exact) mass is 339 g/mol. The maximum absolute atomic E-state index is 11.8. The third-order valence-corrected chi connectivity index (χ3v) is 5.77. The van der Waals surface area contributed by atoms with Crippen LogP contribution in [0.3, 0.4) is 0 Å². The van der Waals surface area contributed by atoms with E-state index in [1.807, 2.05) is 0 Å². The Kier molecular flexibility index (Phi) is 6.18. The van der Waals surface area contributed by atoms with E-state index in [2.05, 4.69) is 4.72 Å². The summed E-state index contributed by atoms with van der Waals surface area (Å²) in [6.07, 6.45) is 3.96. The van der Waals surface area contributed by atoms with Crippen molar-refractivity contribution in [3.63, 3.8) is 0 Å². The van der Waals surface area contributed by atoms with Gasteiger partial charge in [0.2, 0.25) is 10.0 Å². The number of hydrogen-bond acceptors (Lipinski definition) is 4. The number of Topliss-reactive ketones (excluding diaryl/α,β-unsaturated/α-hetero) is 1. The summed E-state index contributed by atoms with van der Waals surface area (Å²) in [6, 6.07) is 7.01.